The summed E-state index contributed by atoms with van der Waals surface area (Å²) in [5, 5.41) is 0. The van der Waals surface area contributed by atoms with Crippen LogP contribution in [0.4, 0.5) is 5.69 Å². The molecule has 0 bridgehead atoms. The van der Waals surface area contributed by atoms with E-state index in [-0.39, 0.29) is 4.90 Å². The quantitative estimate of drug-likeness (QED) is 0.474. The highest BCUT2D eigenvalue weighted by molar-refractivity contribution is 7.90. The molecule has 0 fully saturated rings. The van der Waals surface area contributed by atoms with E-state index in [2.05, 4.69) is 9.88 Å². The summed E-state index contributed by atoms with van der Waals surface area (Å²) in [6.45, 7) is 1.99. The zero-order chi connectivity index (χ0) is 22.1. The van der Waals surface area contributed by atoms with Crippen LogP contribution in [0.2, 0.25) is 0 Å². The van der Waals surface area contributed by atoms with Crippen molar-refractivity contribution in [2.24, 2.45) is 0 Å². The van der Waals surface area contributed by atoms with Crippen LogP contribution in [-0.2, 0) is 29.5 Å². The Kier molecular flexibility index (Phi) is 5.24. The highest BCUT2D eigenvalue weighted by Gasteiger charge is 2.23. The van der Waals surface area contributed by atoms with Crippen molar-refractivity contribution in [1.29, 1.82) is 0 Å². The minimum absolute atomic E-state index is 0.282. The van der Waals surface area contributed by atoms with Gasteiger partial charge in [-0.25, -0.2) is 22.4 Å². The summed E-state index contributed by atoms with van der Waals surface area (Å²) in [4.78, 5) is 11.8. The summed E-state index contributed by atoms with van der Waals surface area (Å²) in [6.07, 6.45) is 4.27. The zero-order valence-electron chi connectivity index (χ0n) is 17.4. The fourth-order valence-corrected chi connectivity index (χ4v) is 5.36. The molecule has 0 spiro atoms. The Morgan fingerprint density at radius 1 is 0.969 bits per heavy atom. The molecule has 1 aliphatic rings. The van der Waals surface area contributed by atoms with Crippen molar-refractivity contribution < 1.29 is 8.42 Å². The average molecular weight is 446 g/mol. The molecular weight excluding hydrogens is 422 g/mol. The van der Waals surface area contributed by atoms with Crippen LogP contribution in [0, 0.1) is 0 Å². The van der Waals surface area contributed by atoms with Crippen molar-refractivity contribution in [2.75, 3.05) is 12.3 Å². The summed E-state index contributed by atoms with van der Waals surface area (Å²) in [7, 11) is -3.62. The molecule has 0 saturated heterocycles. The van der Waals surface area contributed by atoms with Crippen molar-refractivity contribution in [3.8, 4) is 11.4 Å². The number of rotatable bonds is 5. The maximum Gasteiger partial charge on any atom is 0.267 e. The van der Waals surface area contributed by atoms with Gasteiger partial charge in [0.1, 0.15) is 0 Å². The Hall–Kier alpha value is -3.49. The maximum absolute atomic E-state index is 13.1. The highest BCUT2D eigenvalue weighted by Crippen LogP contribution is 2.24. The van der Waals surface area contributed by atoms with Gasteiger partial charge in [-0.3, -0.25) is 4.90 Å². The largest absolute Gasteiger partial charge is 0.399 e. The Bertz CT molecular complexity index is 1350. The lowest BCUT2D eigenvalue weighted by Gasteiger charge is -2.28. The Morgan fingerprint density at radius 2 is 1.75 bits per heavy atom. The number of hydrogen-bond acceptors (Lipinski definition) is 6. The number of anilines is 1. The number of hydrogen-bond donors (Lipinski definition) is 1. The third-order valence-corrected chi connectivity index (χ3v) is 7.40. The first-order chi connectivity index (χ1) is 15.5. The standard InChI is InChI=1S/C24H23N5O2S/c25-20-10-8-18(9-11-20)24-26-15-19-16-28(14-12-23(19)27-24)17-21-5-4-13-29(21)32(30,31)22-6-2-1-3-7-22/h1-11,13,15H,12,14,16-17,25H2. The molecule has 0 amide bonds. The molecule has 0 radical (unpaired) electrons. The molecule has 32 heavy (non-hydrogen) atoms. The van der Waals surface area contributed by atoms with E-state index < -0.39 is 10.0 Å². The first kappa shape index (κ1) is 20.4. The van der Waals surface area contributed by atoms with E-state index >= 15 is 0 Å². The molecule has 7 nitrogen and oxygen atoms in total. The summed E-state index contributed by atoms with van der Waals surface area (Å²) >= 11 is 0. The van der Waals surface area contributed by atoms with Crippen LogP contribution in [0.25, 0.3) is 11.4 Å². The van der Waals surface area contributed by atoms with Crippen LogP contribution < -0.4 is 5.73 Å². The molecule has 5 rings (SSSR count). The third-order valence-electron chi connectivity index (χ3n) is 5.66. The van der Waals surface area contributed by atoms with Gasteiger partial charge < -0.3 is 5.73 Å². The van der Waals surface area contributed by atoms with Crippen molar-refractivity contribution in [3.05, 3.63) is 96.1 Å². The molecular formula is C24H23N5O2S. The zero-order valence-corrected chi connectivity index (χ0v) is 18.2. The molecule has 0 aliphatic carbocycles. The van der Waals surface area contributed by atoms with Crippen LogP contribution in [0.5, 0.6) is 0 Å². The van der Waals surface area contributed by atoms with Crippen molar-refractivity contribution in [1.82, 2.24) is 18.8 Å². The van der Waals surface area contributed by atoms with E-state index in [1.165, 1.54) is 3.97 Å². The summed E-state index contributed by atoms with van der Waals surface area (Å²) < 4.78 is 27.5. The fourth-order valence-electron chi connectivity index (χ4n) is 3.97. The summed E-state index contributed by atoms with van der Waals surface area (Å²) in [6, 6.07) is 19.7. The second kappa shape index (κ2) is 8.22. The molecule has 2 N–H and O–H groups in total. The van der Waals surface area contributed by atoms with Gasteiger partial charge in [-0.05, 0) is 48.5 Å². The van der Waals surface area contributed by atoms with Crippen LogP contribution in [0.3, 0.4) is 0 Å². The fraction of sp³-hybridized carbons (Fsp3) is 0.167. The molecule has 0 unspecified atom stereocenters. The molecule has 1 aliphatic heterocycles. The Labute approximate surface area is 187 Å². The van der Waals surface area contributed by atoms with Gasteiger partial charge in [-0.2, -0.15) is 0 Å². The first-order valence-electron chi connectivity index (χ1n) is 10.4. The molecule has 162 valence electrons. The Morgan fingerprint density at radius 3 is 2.53 bits per heavy atom. The van der Waals surface area contributed by atoms with E-state index in [0.717, 1.165) is 35.5 Å². The summed E-state index contributed by atoms with van der Waals surface area (Å²) in [5.74, 6) is 0.694. The topological polar surface area (TPSA) is 94.1 Å². The van der Waals surface area contributed by atoms with E-state index in [1.807, 2.05) is 42.6 Å². The predicted octanol–water partition coefficient (Wildman–Crippen LogP) is 3.32. The van der Waals surface area contributed by atoms with Gasteiger partial charge >= 0.3 is 0 Å². The lowest BCUT2D eigenvalue weighted by molar-refractivity contribution is 0.239. The molecule has 2 aromatic carbocycles. The third kappa shape index (κ3) is 3.90. The van der Waals surface area contributed by atoms with Gasteiger partial charge in [0.05, 0.1) is 10.6 Å². The van der Waals surface area contributed by atoms with E-state index in [0.29, 0.717) is 24.6 Å². The normalized spacial score (nSPS) is 14.2. The highest BCUT2D eigenvalue weighted by atomic mass is 32.2. The first-order valence-corrected chi connectivity index (χ1v) is 11.8. The number of aromatic nitrogens is 3. The number of fused-ring (bicyclic) bond motifs is 1. The number of nitrogens with two attached hydrogens (primary N) is 1. The minimum Gasteiger partial charge on any atom is -0.399 e. The maximum atomic E-state index is 13.1. The van der Waals surface area contributed by atoms with Gasteiger partial charge in [-0.1, -0.05) is 18.2 Å². The molecule has 8 heteroatoms. The second-order valence-corrected chi connectivity index (χ2v) is 9.68. The van der Waals surface area contributed by atoms with Gasteiger partial charge in [0.15, 0.2) is 5.82 Å². The molecule has 4 aromatic rings. The predicted molar refractivity (Wildman–Crippen MR) is 123 cm³/mol. The average Bonchev–Trinajstić information content (AvgIpc) is 3.29. The molecule has 0 saturated carbocycles. The lowest BCUT2D eigenvalue weighted by atomic mass is 10.1. The second-order valence-electron chi connectivity index (χ2n) is 7.86. The van der Waals surface area contributed by atoms with Gasteiger partial charge in [0.25, 0.3) is 10.0 Å². The van der Waals surface area contributed by atoms with Crippen LogP contribution in [-0.4, -0.2) is 33.8 Å². The van der Waals surface area contributed by atoms with Gasteiger partial charge in [0.2, 0.25) is 0 Å². The molecule has 3 heterocycles. The number of benzene rings is 2. The minimum atomic E-state index is -3.62. The van der Waals surface area contributed by atoms with Crippen molar-refractivity contribution >= 4 is 15.7 Å². The summed E-state index contributed by atoms with van der Waals surface area (Å²) in [5.41, 5.74) is 10.3. The van der Waals surface area contributed by atoms with Gasteiger partial charge in [0, 0.05) is 61.0 Å². The Balaban J connectivity index is 1.35. The van der Waals surface area contributed by atoms with Gasteiger partial charge in [-0.15, -0.1) is 0 Å². The van der Waals surface area contributed by atoms with E-state index in [9.17, 15) is 8.42 Å². The number of nitrogen functional groups attached to an aromatic ring is 1. The smallest absolute Gasteiger partial charge is 0.267 e. The van der Waals surface area contributed by atoms with Crippen LogP contribution in [0.15, 0.2) is 84.0 Å². The molecule has 0 atom stereocenters. The monoisotopic (exact) mass is 445 g/mol. The van der Waals surface area contributed by atoms with Crippen LogP contribution in [0.1, 0.15) is 17.0 Å². The van der Waals surface area contributed by atoms with Crippen molar-refractivity contribution in [2.45, 2.75) is 24.4 Å². The lowest BCUT2D eigenvalue weighted by Crippen LogP contribution is -2.32. The van der Waals surface area contributed by atoms with E-state index in [4.69, 9.17) is 10.7 Å². The van der Waals surface area contributed by atoms with Crippen molar-refractivity contribution in [3.63, 3.8) is 0 Å². The van der Waals surface area contributed by atoms with Crippen LogP contribution >= 0.6 is 0 Å². The number of nitrogens with zero attached hydrogens (tertiary/aromatic N) is 4. The SMILES string of the molecule is Nc1ccc(-c2ncc3c(n2)CCN(Cc2cccn2S(=O)(=O)c2ccccc2)C3)cc1. The molecule has 2 aromatic heterocycles. The van der Waals surface area contributed by atoms with E-state index in [1.54, 1.807) is 36.5 Å².